The number of carbonyl (C=O) groups excluding carboxylic acids is 1. The Labute approximate surface area is 113 Å². The lowest BCUT2D eigenvalue weighted by molar-refractivity contribution is -0.120. The van der Waals surface area contributed by atoms with E-state index in [-0.39, 0.29) is 5.78 Å². The van der Waals surface area contributed by atoms with E-state index in [0.29, 0.717) is 29.8 Å². The molecule has 1 aliphatic rings. The molecule has 1 saturated carbocycles. The van der Waals surface area contributed by atoms with Crippen molar-refractivity contribution in [2.24, 2.45) is 11.8 Å². The third kappa shape index (κ3) is 3.37. The fraction of sp³-hybridized carbons (Fsp3) is 0.600. The molecule has 1 aromatic heterocycles. The second-order valence-electron chi connectivity index (χ2n) is 5.53. The highest BCUT2D eigenvalue weighted by atomic mass is 16.1. The number of Topliss-reactive ketones (excluding diaryl/α,β-unsaturated/α-hetero) is 1. The van der Waals surface area contributed by atoms with Crippen LogP contribution in [-0.4, -0.2) is 15.8 Å². The van der Waals surface area contributed by atoms with E-state index in [1.54, 1.807) is 13.0 Å². The van der Waals surface area contributed by atoms with Gasteiger partial charge in [-0.3, -0.25) is 4.79 Å². The van der Waals surface area contributed by atoms with E-state index in [1.807, 2.05) is 6.92 Å². The van der Waals surface area contributed by atoms with Crippen molar-refractivity contribution in [1.82, 2.24) is 9.97 Å². The molecule has 1 heterocycles. The van der Waals surface area contributed by atoms with Gasteiger partial charge in [-0.15, -0.1) is 0 Å². The highest BCUT2D eigenvalue weighted by molar-refractivity contribution is 5.88. The Morgan fingerprint density at radius 1 is 1.47 bits per heavy atom. The van der Waals surface area contributed by atoms with Gasteiger partial charge in [0, 0.05) is 12.1 Å². The number of hydrogen-bond donors (Lipinski definition) is 0. The first-order chi connectivity index (χ1) is 9.01. The molecule has 0 aliphatic heterocycles. The smallest absolute Gasteiger partial charge is 0.156 e. The van der Waals surface area contributed by atoms with Gasteiger partial charge in [0.1, 0.15) is 11.7 Å². The third-order valence-electron chi connectivity index (χ3n) is 3.68. The topological polar surface area (TPSA) is 66.6 Å². The fourth-order valence-electron chi connectivity index (χ4n) is 2.46. The van der Waals surface area contributed by atoms with Crippen LogP contribution in [-0.2, 0) is 4.79 Å². The quantitative estimate of drug-likeness (QED) is 0.813. The minimum absolute atomic E-state index is 0.0144. The first-order valence-corrected chi connectivity index (χ1v) is 6.75. The summed E-state index contributed by atoms with van der Waals surface area (Å²) in [4.78, 5) is 20.7. The minimum Gasteiger partial charge on any atom is -0.298 e. The summed E-state index contributed by atoms with van der Waals surface area (Å²) in [6, 6.07) is 3.83. The molecule has 1 aromatic rings. The Morgan fingerprint density at radius 2 is 2.16 bits per heavy atom. The van der Waals surface area contributed by atoms with Crippen LogP contribution in [0.5, 0.6) is 0 Å². The van der Waals surface area contributed by atoms with Crippen LogP contribution < -0.4 is 0 Å². The molecule has 0 amide bonds. The summed E-state index contributed by atoms with van der Waals surface area (Å²) in [6.45, 7) is 5.73. The second kappa shape index (κ2) is 5.48. The van der Waals surface area contributed by atoms with Crippen LogP contribution in [0, 0.1) is 37.0 Å². The Kier molecular flexibility index (Phi) is 3.94. The molecule has 0 N–H and O–H groups in total. The Bertz CT molecular complexity index is 508. The van der Waals surface area contributed by atoms with Gasteiger partial charge in [0.25, 0.3) is 0 Å². The molecule has 0 radical (unpaired) electrons. The van der Waals surface area contributed by atoms with Crippen molar-refractivity contribution >= 4 is 5.78 Å². The first kappa shape index (κ1) is 13.7. The molecule has 4 nitrogen and oxygen atoms in total. The van der Waals surface area contributed by atoms with Crippen molar-refractivity contribution in [2.45, 2.75) is 46.0 Å². The average Bonchev–Trinajstić information content (AvgIpc) is 3.11. The number of ketones is 1. The maximum Gasteiger partial charge on any atom is 0.156 e. The molecule has 0 aromatic carbocycles. The van der Waals surface area contributed by atoms with Gasteiger partial charge in [-0.2, -0.15) is 5.26 Å². The van der Waals surface area contributed by atoms with Crippen LogP contribution in [0.15, 0.2) is 6.07 Å². The Hall–Kier alpha value is -1.76. The van der Waals surface area contributed by atoms with E-state index in [0.717, 1.165) is 5.69 Å². The Balaban J connectivity index is 2.14. The lowest BCUT2D eigenvalue weighted by Crippen LogP contribution is -2.17. The van der Waals surface area contributed by atoms with Crippen molar-refractivity contribution in [3.8, 4) is 6.07 Å². The number of rotatable bonds is 5. The maximum atomic E-state index is 12.3. The van der Waals surface area contributed by atoms with E-state index in [4.69, 9.17) is 0 Å². The van der Waals surface area contributed by atoms with Crippen LogP contribution in [0.4, 0.5) is 0 Å². The molecule has 1 aliphatic carbocycles. The van der Waals surface area contributed by atoms with Crippen molar-refractivity contribution in [1.29, 1.82) is 5.26 Å². The number of carbonyl (C=O) groups is 1. The van der Waals surface area contributed by atoms with Crippen LogP contribution in [0.2, 0.25) is 0 Å². The van der Waals surface area contributed by atoms with Crippen LogP contribution in [0.1, 0.15) is 49.3 Å². The van der Waals surface area contributed by atoms with E-state index >= 15 is 0 Å². The molecular weight excluding hydrogens is 238 g/mol. The summed E-state index contributed by atoms with van der Waals surface area (Å²) in [5.74, 6) is 0.906. The van der Waals surface area contributed by atoms with Crippen LogP contribution >= 0.6 is 0 Å². The molecule has 19 heavy (non-hydrogen) atoms. The lowest BCUT2D eigenvalue weighted by atomic mass is 9.91. The maximum absolute atomic E-state index is 12.3. The third-order valence-corrected chi connectivity index (χ3v) is 3.68. The molecule has 100 valence electrons. The monoisotopic (exact) mass is 257 g/mol. The molecule has 4 heteroatoms. The van der Waals surface area contributed by atoms with Crippen molar-refractivity contribution in [2.75, 3.05) is 0 Å². The van der Waals surface area contributed by atoms with Gasteiger partial charge in [-0.25, -0.2) is 9.97 Å². The fourth-order valence-corrected chi connectivity index (χ4v) is 2.46. The zero-order chi connectivity index (χ0) is 14.0. The van der Waals surface area contributed by atoms with Gasteiger partial charge in [-0.1, -0.05) is 6.92 Å². The summed E-state index contributed by atoms with van der Waals surface area (Å²) in [6.07, 6.45) is 2.92. The normalized spacial score (nSPS) is 17.6. The predicted octanol–water partition coefficient (Wildman–Crippen LogP) is 2.71. The van der Waals surface area contributed by atoms with E-state index < -0.39 is 5.92 Å². The molecular formula is C15H19N3O. The number of nitrogens with zero attached hydrogens (tertiary/aromatic N) is 3. The average molecular weight is 257 g/mol. The molecule has 0 unspecified atom stereocenters. The summed E-state index contributed by atoms with van der Waals surface area (Å²) in [5.41, 5.74) is 1.34. The zero-order valence-corrected chi connectivity index (χ0v) is 11.7. The van der Waals surface area contributed by atoms with Gasteiger partial charge < -0.3 is 0 Å². The molecule has 1 fully saturated rings. The van der Waals surface area contributed by atoms with E-state index in [9.17, 15) is 10.1 Å². The highest BCUT2D eigenvalue weighted by Crippen LogP contribution is 2.39. The van der Waals surface area contributed by atoms with Crippen molar-refractivity contribution < 1.29 is 4.79 Å². The predicted molar refractivity (Wildman–Crippen MR) is 71.4 cm³/mol. The summed E-state index contributed by atoms with van der Waals surface area (Å²) in [5, 5.41) is 9.27. The van der Waals surface area contributed by atoms with Crippen LogP contribution in [0.3, 0.4) is 0 Å². The van der Waals surface area contributed by atoms with Gasteiger partial charge in [0.2, 0.25) is 0 Å². The van der Waals surface area contributed by atoms with Gasteiger partial charge >= 0.3 is 0 Å². The van der Waals surface area contributed by atoms with Gasteiger partial charge in [0.15, 0.2) is 5.78 Å². The SMILES string of the molecule is Cc1cc([C@@H](C#N)C(=O)C[C@H](C)C2CC2)nc(C)n1. The lowest BCUT2D eigenvalue weighted by Gasteiger charge is -2.13. The molecule has 0 spiro atoms. The number of nitriles is 1. The standard InChI is InChI=1S/C15H19N3O/c1-9(12-4-5-12)6-15(19)13(8-16)14-7-10(2)17-11(3)18-14/h7,9,12-13H,4-6H2,1-3H3/t9-,13+/m0/s1. The largest absolute Gasteiger partial charge is 0.298 e. The Morgan fingerprint density at radius 3 is 2.68 bits per heavy atom. The van der Waals surface area contributed by atoms with E-state index in [1.165, 1.54) is 12.8 Å². The van der Waals surface area contributed by atoms with Gasteiger partial charge in [-0.05, 0) is 44.6 Å². The second-order valence-corrected chi connectivity index (χ2v) is 5.53. The van der Waals surface area contributed by atoms with Crippen molar-refractivity contribution in [3.63, 3.8) is 0 Å². The van der Waals surface area contributed by atoms with Crippen LogP contribution in [0.25, 0.3) is 0 Å². The highest BCUT2D eigenvalue weighted by Gasteiger charge is 2.32. The van der Waals surface area contributed by atoms with Gasteiger partial charge in [0.05, 0.1) is 11.8 Å². The molecule has 0 bridgehead atoms. The number of aryl methyl sites for hydroxylation is 2. The molecule has 2 rings (SSSR count). The summed E-state index contributed by atoms with van der Waals surface area (Å²) in [7, 11) is 0. The molecule has 2 atom stereocenters. The molecule has 0 saturated heterocycles. The summed E-state index contributed by atoms with van der Waals surface area (Å²) >= 11 is 0. The summed E-state index contributed by atoms with van der Waals surface area (Å²) < 4.78 is 0. The number of hydrogen-bond acceptors (Lipinski definition) is 4. The minimum atomic E-state index is -0.749. The van der Waals surface area contributed by atoms with E-state index in [2.05, 4.69) is 23.0 Å². The first-order valence-electron chi connectivity index (χ1n) is 6.75. The zero-order valence-electron chi connectivity index (χ0n) is 11.7. The number of aromatic nitrogens is 2. The van der Waals surface area contributed by atoms with Crippen molar-refractivity contribution in [3.05, 3.63) is 23.3 Å².